The number of amides is 1. The normalized spacial score (nSPS) is 16.0. The minimum Gasteiger partial charge on any atom is -0.378 e. The van der Waals surface area contributed by atoms with Gasteiger partial charge in [0.2, 0.25) is 0 Å². The van der Waals surface area contributed by atoms with Crippen molar-refractivity contribution in [2.24, 2.45) is 0 Å². The monoisotopic (exact) mass is 335 g/mol. The number of carbonyl (C=O) groups is 1. The van der Waals surface area contributed by atoms with Gasteiger partial charge in [-0.05, 0) is 24.1 Å². The van der Waals surface area contributed by atoms with Gasteiger partial charge in [-0.15, -0.1) is 0 Å². The predicted molar refractivity (Wildman–Crippen MR) is 96.0 cm³/mol. The van der Waals surface area contributed by atoms with Gasteiger partial charge in [0.15, 0.2) is 6.10 Å². The molecule has 25 heavy (non-hydrogen) atoms. The molecule has 5 heteroatoms. The molecule has 5 nitrogen and oxygen atoms in total. The van der Waals surface area contributed by atoms with Crippen molar-refractivity contribution in [3.8, 4) is 6.07 Å². The van der Waals surface area contributed by atoms with E-state index in [0.29, 0.717) is 30.8 Å². The van der Waals surface area contributed by atoms with Gasteiger partial charge in [-0.3, -0.25) is 4.79 Å². The quantitative estimate of drug-likeness (QED) is 0.935. The van der Waals surface area contributed by atoms with Gasteiger partial charge in [0.1, 0.15) is 6.07 Å². The first-order chi connectivity index (χ1) is 12.2. The van der Waals surface area contributed by atoms with Gasteiger partial charge in [0.25, 0.3) is 5.91 Å². The molecule has 1 fully saturated rings. The zero-order chi connectivity index (χ0) is 17.6. The van der Waals surface area contributed by atoms with Crippen LogP contribution in [0.4, 0.5) is 5.69 Å². The maximum atomic E-state index is 12.6. The van der Waals surface area contributed by atoms with E-state index in [1.54, 1.807) is 17.0 Å². The molecule has 2 aromatic rings. The minimum atomic E-state index is -1.13. The van der Waals surface area contributed by atoms with Crippen molar-refractivity contribution >= 4 is 11.6 Å². The molecule has 0 saturated carbocycles. The SMILES string of the molecule is N#Cc1ccccc1N1CCCN(C(=O)C(O)c2ccccc2)CC1. The van der Waals surface area contributed by atoms with E-state index in [0.717, 1.165) is 18.7 Å². The number of carbonyl (C=O) groups excluding carboxylic acids is 1. The third-order valence-corrected chi connectivity index (χ3v) is 4.52. The van der Waals surface area contributed by atoms with Crippen LogP contribution >= 0.6 is 0 Å². The van der Waals surface area contributed by atoms with Gasteiger partial charge in [-0.25, -0.2) is 0 Å². The summed E-state index contributed by atoms with van der Waals surface area (Å²) < 4.78 is 0. The predicted octanol–water partition coefficient (Wildman–Crippen LogP) is 2.33. The average Bonchev–Trinajstić information content (AvgIpc) is 2.93. The number of nitriles is 1. The van der Waals surface area contributed by atoms with E-state index in [1.165, 1.54) is 0 Å². The lowest BCUT2D eigenvalue weighted by atomic mass is 10.1. The Labute approximate surface area is 147 Å². The highest BCUT2D eigenvalue weighted by molar-refractivity contribution is 5.82. The second-order valence-corrected chi connectivity index (χ2v) is 6.11. The molecule has 1 heterocycles. The zero-order valence-corrected chi connectivity index (χ0v) is 14.0. The molecule has 1 saturated heterocycles. The maximum Gasteiger partial charge on any atom is 0.256 e. The van der Waals surface area contributed by atoms with Crippen molar-refractivity contribution in [2.75, 3.05) is 31.1 Å². The molecule has 1 aliphatic rings. The molecule has 2 aromatic carbocycles. The fraction of sp³-hybridized carbons (Fsp3) is 0.300. The molecule has 1 N–H and O–H groups in total. The summed E-state index contributed by atoms with van der Waals surface area (Å²) in [5.74, 6) is -0.262. The van der Waals surface area contributed by atoms with Crippen molar-refractivity contribution < 1.29 is 9.90 Å². The number of aliphatic hydroxyl groups excluding tert-OH is 1. The lowest BCUT2D eigenvalue weighted by Crippen LogP contribution is -2.38. The molecular formula is C20H21N3O2. The van der Waals surface area contributed by atoms with Crippen LogP contribution in [-0.4, -0.2) is 42.1 Å². The van der Waals surface area contributed by atoms with Crippen molar-refractivity contribution in [1.29, 1.82) is 5.26 Å². The van der Waals surface area contributed by atoms with Crippen LogP contribution in [0.5, 0.6) is 0 Å². The molecule has 0 spiro atoms. The highest BCUT2D eigenvalue weighted by Crippen LogP contribution is 2.22. The van der Waals surface area contributed by atoms with Gasteiger partial charge >= 0.3 is 0 Å². The third kappa shape index (κ3) is 3.81. The first-order valence-electron chi connectivity index (χ1n) is 8.46. The summed E-state index contributed by atoms with van der Waals surface area (Å²) in [4.78, 5) is 16.5. The Kier molecular flexibility index (Phi) is 5.32. The van der Waals surface area contributed by atoms with Gasteiger partial charge < -0.3 is 14.9 Å². The fourth-order valence-electron chi connectivity index (χ4n) is 3.17. The number of rotatable bonds is 3. The standard InChI is InChI=1S/C20H21N3O2/c21-15-17-9-4-5-10-18(17)22-11-6-12-23(14-13-22)20(25)19(24)16-7-2-1-3-8-16/h1-5,7-10,19,24H,6,11-14H2. The fourth-order valence-corrected chi connectivity index (χ4v) is 3.17. The maximum absolute atomic E-state index is 12.6. The highest BCUT2D eigenvalue weighted by Gasteiger charge is 2.26. The smallest absolute Gasteiger partial charge is 0.256 e. The molecule has 0 aliphatic carbocycles. The summed E-state index contributed by atoms with van der Waals surface area (Å²) in [7, 11) is 0. The Morgan fingerprint density at radius 3 is 2.48 bits per heavy atom. The molecule has 1 atom stereocenters. The van der Waals surface area contributed by atoms with E-state index >= 15 is 0 Å². The zero-order valence-electron chi connectivity index (χ0n) is 14.0. The van der Waals surface area contributed by atoms with Crippen LogP contribution in [0.1, 0.15) is 23.7 Å². The molecule has 0 bridgehead atoms. The third-order valence-electron chi connectivity index (χ3n) is 4.52. The molecule has 0 aromatic heterocycles. The van der Waals surface area contributed by atoms with Crippen LogP contribution < -0.4 is 4.90 Å². The number of benzene rings is 2. The van der Waals surface area contributed by atoms with Crippen molar-refractivity contribution in [3.63, 3.8) is 0 Å². The largest absolute Gasteiger partial charge is 0.378 e. The number of anilines is 1. The van der Waals surface area contributed by atoms with Crippen molar-refractivity contribution in [3.05, 3.63) is 65.7 Å². The van der Waals surface area contributed by atoms with Gasteiger partial charge in [0.05, 0.1) is 11.3 Å². The summed E-state index contributed by atoms with van der Waals surface area (Å²) in [6.07, 6.45) is -0.327. The van der Waals surface area contributed by atoms with Crippen molar-refractivity contribution in [2.45, 2.75) is 12.5 Å². The Hall–Kier alpha value is -2.84. The summed E-state index contributed by atoms with van der Waals surface area (Å²) in [6.45, 7) is 2.56. The van der Waals surface area contributed by atoms with Crippen LogP contribution in [0.3, 0.4) is 0 Å². The topological polar surface area (TPSA) is 67.6 Å². The Morgan fingerprint density at radius 1 is 1.00 bits per heavy atom. The number of nitrogens with zero attached hydrogens (tertiary/aromatic N) is 3. The number of para-hydroxylation sites is 1. The lowest BCUT2D eigenvalue weighted by molar-refractivity contribution is -0.140. The minimum absolute atomic E-state index is 0.262. The van der Waals surface area contributed by atoms with E-state index in [9.17, 15) is 15.2 Å². The summed E-state index contributed by atoms with van der Waals surface area (Å²) in [6, 6.07) is 18.8. The van der Waals surface area contributed by atoms with Gasteiger partial charge in [-0.1, -0.05) is 42.5 Å². The molecular weight excluding hydrogens is 314 g/mol. The summed E-state index contributed by atoms with van der Waals surface area (Å²) in [5.41, 5.74) is 2.16. The van der Waals surface area contributed by atoms with E-state index in [1.807, 2.05) is 42.5 Å². The van der Waals surface area contributed by atoms with Crippen LogP contribution in [-0.2, 0) is 4.79 Å². The van der Waals surface area contributed by atoms with E-state index in [-0.39, 0.29) is 5.91 Å². The molecule has 0 radical (unpaired) electrons. The molecule has 3 rings (SSSR count). The number of hydrogen-bond donors (Lipinski definition) is 1. The van der Waals surface area contributed by atoms with Crippen molar-refractivity contribution in [1.82, 2.24) is 4.90 Å². The second-order valence-electron chi connectivity index (χ2n) is 6.11. The number of hydrogen-bond acceptors (Lipinski definition) is 4. The van der Waals surface area contributed by atoms with E-state index < -0.39 is 6.10 Å². The average molecular weight is 335 g/mol. The van der Waals surface area contributed by atoms with Crippen LogP contribution in [0, 0.1) is 11.3 Å². The molecule has 1 unspecified atom stereocenters. The van der Waals surface area contributed by atoms with Crippen LogP contribution in [0.25, 0.3) is 0 Å². The molecule has 1 aliphatic heterocycles. The first kappa shape index (κ1) is 17.0. The van der Waals surface area contributed by atoms with Crippen LogP contribution in [0.15, 0.2) is 54.6 Å². The number of aliphatic hydroxyl groups is 1. The Balaban J connectivity index is 1.69. The van der Waals surface area contributed by atoms with Gasteiger partial charge in [-0.2, -0.15) is 5.26 Å². The van der Waals surface area contributed by atoms with Crippen LogP contribution in [0.2, 0.25) is 0 Å². The summed E-state index contributed by atoms with van der Waals surface area (Å²) >= 11 is 0. The van der Waals surface area contributed by atoms with E-state index in [4.69, 9.17) is 0 Å². The molecule has 1 amide bonds. The first-order valence-corrected chi connectivity index (χ1v) is 8.46. The molecule has 128 valence electrons. The highest BCUT2D eigenvalue weighted by atomic mass is 16.3. The van der Waals surface area contributed by atoms with Gasteiger partial charge in [0, 0.05) is 26.2 Å². The summed E-state index contributed by atoms with van der Waals surface area (Å²) in [5, 5.41) is 19.6. The Morgan fingerprint density at radius 2 is 1.72 bits per heavy atom. The lowest BCUT2D eigenvalue weighted by Gasteiger charge is -2.25. The second kappa shape index (κ2) is 7.82. The Bertz CT molecular complexity index is 770. The van der Waals surface area contributed by atoms with E-state index in [2.05, 4.69) is 11.0 Å².